The molecule has 0 bridgehead atoms. The number of alkyl halides is 2. The Labute approximate surface area is 236 Å². The SMILES string of the molecule is CCC(C)OP(=O)(O)C(F)(F)C(C)(O)c1ccnc(OC2CCC(C)N(C(=O)c3ccccc3-n3nccn3)C2)c1. The molecule has 0 aliphatic carbocycles. The van der Waals surface area contributed by atoms with Crippen molar-refractivity contribution < 1.29 is 37.4 Å². The summed E-state index contributed by atoms with van der Waals surface area (Å²) in [7, 11) is -5.58. The lowest BCUT2D eigenvalue weighted by Gasteiger charge is -2.38. The van der Waals surface area contributed by atoms with E-state index in [1.165, 1.54) is 24.1 Å². The van der Waals surface area contributed by atoms with Gasteiger partial charge in [-0.3, -0.25) is 9.36 Å². The fraction of sp³-hybridized carbons (Fsp3) is 0.481. The maximum absolute atomic E-state index is 15.2. The highest BCUT2D eigenvalue weighted by Crippen LogP contribution is 2.65. The number of aliphatic hydroxyl groups is 1. The van der Waals surface area contributed by atoms with Gasteiger partial charge in [0.15, 0.2) is 5.60 Å². The molecule has 2 aromatic heterocycles. The van der Waals surface area contributed by atoms with Crippen molar-refractivity contribution in [3.8, 4) is 11.6 Å². The highest BCUT2D eigenvalue weighted by atomic mass is 31.2. The molecule has 0 radical (unpaired) electrons. The number of nitrogens with zero attached hydrogens (tertiary/aromatic N) is 5. The molecule has 0 spiro atoms. The van der Waals surface area contributed by atoms with E-state index in [-0.39, 0.29) is 36.4 Å². The molecule has 41 heavy (non-hydrogen) atoms. The van der Waals surface area contributed by atoms with Gasteiger partial charge in [-0.1, -0.05) is 19.1 Å². The zero-order valence-electron chi connectivity index (χ0n) is 23.2. The molecule has 3 heterocycles. The molecule has 222 valence electrons. The first-order chi connectivity index (χ1) is 19.3. The summed E-state index contributed by atoms with van der Waals surface area (Å²) in [6.45, 7) is 5.86. The van der Waals surface area contributed by atoms with Crippen LogP contribution in [-0.2, 0) is 14.7 Å². The summed E-state index contributed by atoms with van der Waals surface area (Å²) >= 11 is 0. The molecule has 1 saturated heterocycles. The van der Waals surface area contributed by atoms with Crippen LogP contribution < -0.4 is 4.74 Å². The lowest BCUT2D eigenvalue weighted by molar-refractivity contribution is -0.136. The van der Waals surface area contributed by atoms with Gasteiger partial charge in [0.2, 0.25) is 5.88 Å². The van der Waals surface area contributed by atoms with Gasteiger partial charge >= 0.3 is 13.3 Å². The number of aromatic nitrogens is 4. The zero-order valence-corrected chi connectivity index (χ0v) is 24.1. The molecule has 5 atom stereocenters. The third-order valence-corrected chi connectivity index (χ3v) is 9.08. The molecule has 3 aromatic rings. The van der Waals surface area contributed by atoms with Crippen LogP contribution in [0.15, 0.2) is 55.0 Å². The predicted octanol–water partition coefficient (Wildman–Crippen LogP) is 4.54. The van der Waals surface area contributed by atoms with Crippen molar-refractivity contribution in [2.45, 2.75) is 76.5 Å². The van der Waals surface area contributed by atoms with Crippen molar-refractivity contribution in [2.75, 3.05) is 6.54 Å². The highest BCUT2D eigenvalue weighted by Gasteiger charge is 2.64. The average molecular weight is 594 g/mol. The first kappa shape index (κ1) is 30.7. The molecule has 1 aliphatic rings. The first-order valence-corrected chi connectivity index (χ1v) is 14.9. The Morgan fingerprint density at radius 2 is 1.88 bits per heavy atom. The second-order valence-electron chi connectivity index (χ2n) is 10.3. The number of likely N-dealkylation sites (tertiary alicyclic amines) is 1. The molecule has 14 heteroatoms. The minimum absolute atomic E-state index is 0.0812. The van der Waals surface area contributed by atoms with Gasteiger partial charge in [-0.05, 0) is 63.8 Å². The van der Waals surface area contributed by atoms with E-state index in [9.17, 15) is 19.4 Å². The number of para-hydroxylation sites is 1. The fourth-order valence-corrected chi connectivity index (χ4v) is 6.01. The van der Waals surface area contributed by atoms with Crippen LogP contribution >= 0.6 is 7.60 Å². The Balaban J connectivity index is 1.53. The molecule has 0 saturated carbocycles. The number of ether oxygens (including phenoxy) is 1. The largest absolute Gasteiger partial charge is 0.472 e. The molecule has 11 nitrogen and oxygen atoms in total. The van der Waals surface area contributed by atoms with E-state index in [2.05, 4.69) is 15.2 Å². The van der Waals surface area contributed by atoms with Crippen LogP contribution in [0.3, 0.4) is 0 Å². The Hall–Kier alpha value is -3.25. The number of carbonyl (C=O) groups excluding carboxylic acids is 1. The highest BCUT2D eigenvalue weighted by molar-refractivity contribution is 7.54. The normalized spacial score (nSPS) is 21.5. The van der Waals surface area contributed by atoms with Crippen molar-refractivity contribution in [3.05, 3.63) is 66.1 Å². The topological polar surface area (TPSA) is 140 Å². The number of halogens is 2. The smallest absolute Gasteiger partial charge is 0.400 e. The number of benzene rings is 1. The molecule has 2 N–H and O–H groups in total. The number of hydrogen-bond acceptors (Lipinski definition) is 8. The molecule has 4 rings (SSSR count). The maximum atomic E-state index is 15.2. The third kappa shape index (κ3) is 6.18. The lowest BCUT2D eigenvalue weighted by atomic mass is 9.97. The minimum atomic E-state index is -5.58. The van der Waals surface area contributed by atoms with Gasteiger partial charge in [-0.25, -0.2) is 4.98 Å². The summed E-state index contributed by atoms with van der Waals surface area (Å²) in [5.41, 5.74) is -7.08. The van der Waals surface area contributed by atoms with Gasteiger partial charge < -0.3 is 24.2 Å². The van der Waals surface area contributed by atoms with Crippen molar-refractivity contribution in [3.63, 3.8) is 0 Å². The van der Waals surface area contributed by atoms with Gasteiger partial charge in [-0.15, -0.1) is 0 Å². The Kier molecular flexibility index (Phi) is 8.93. The third-order valence-electron chi connectivity index (χ3n) is 7.29. The molecule has 1 amide bonds. The molecule has 1 fully saturated rings. The van der Waals surface area contributed by atoms with Crippen LogP contribution in [0.5, 0.6) is 5.88 Å². The standard InChI is InChI=1S/C27H34F2N5O6P/c1-5-19(3)40-41(37,38)27(28,29)26(4,36)20-12-13-30-24(16-20)39-21-11-10-18(2)33(17-21)25(35)22-8-6-7-9-23(22)34-31-14-15-32-34/h6-9,12-16,18-19,21,36H,5,10-11,17H2,1-4H3,(H,37,38). The monoisotopic (exact) mass is 593 g/mol. The molecular weight excluding hydrogens is 559 g/mol. The first-order valence-electron chi connectivity index (χ1n) is 13.3. The van der Waals surface area contributed by atoms with Gasteiger partial charge in [0.25, 0.3) is 5.91 Å². The number of hydrogen-bond donors (Lipinski definition) is 2. The second-order valence-corrected chi connectivity index (χ2v) is 12.1. The number of amides is 1. The quantitative estimate of drug-likeness (QED) is 0.325. The van der Waals surface area contributed by atoms with E-state index >= 15 is 8.78 Å². The van der Waals surface area contributed by atoms with Gasteiger partial charge in [-0.2, -0.15) is 23.8 Å². The molecule has 5 unspecified atom stereocenters. The Morgan fingerprint density at radius 3 is 2.56 bits per heavy atom. The maximum Gasteiger partial charge on any atom is 0.400 e. The van der Waals surface area contributed by atoms with Crippen molar-refractivity contribution in [2.24, 2.45) is 0 Å². The van der Waals surface area contributed by atoms with Crippen LogP contribution in [0, 0.1) is 0 Å². The summed E-state index contributed by atoms with van der Waals surface area (Å²) in [5, 5.41) is 19.1. The van der Waals surface area contributed by atoms with E-state index in [1.807, 2.05) is 6.92 Å². The number of piperidine rings is 1. The van der Waals surface area contributed by atoms with Crippen LogP contribution in [0.2, 0.25) is 0 Å². The van der Waals surface area contributed by atoms with Gasteiger partial charge in [0, 0.05) is 18.3 Å². The number of rotatable bonds is 10. The van der Waals surface area contributed by atoms with Crippen LogP contribution in [-0.4, -0.2) is 71.2 Å². The van der Waals surface area contributed by atoms with Crippen LogP contribution in [0.1, 0.15) is 62.9 Å². The fourth-order valence-electron chi connectivity index (χ4n) is 4.56. The van der Waals surface area contributed by atoms with E-state index in [1.54, 1.807) is 36.1 Å². The van der Waals surface area contributed by atoms with E-state index in [0.717, 1.165) is 25.3 Å². The second kappa shape index (κ2) is 11.9. The van der Waals surface area contributed by atoms with Crippen LogP contribution in [0.25, 0.3) is 5.69 Å². The number of pyridine rings is 1. The molecule has 1 aromatic carbocycles. The predicted molar refractivity (Wildman–Crippen MR) is 145 cm³/mol. The van der Waals surface area contributed by atoms with E-state index in [0.29, 0.717) is 24.1 Å². The van der Waals surface area contributed by atoms with E-state index < -0.39 is 31.1 Å². The van der Waals surface area contributed by atoms with Crippen molar-refractivity contribution in [1.29, 1.82) is 0 Å². The summed E-state index contributed by atoms with van der Waals surface area (Å²) in [6, 6.07) is 9.07. The number of carbonyl (C=O) groups is 1. The van der Waals surface area contributed by atoms with Gasteiger partial charge in [0.1, 0.15) is 6.10 Å². The molecule has 1 aliphatic heterocycles. The average Bonchev–Trinajstić information content (AvgIpc) is 3.48. The molecular formula is C27H34F2N5O6P. The zero-order chi connectivity index (χ0) is 30.0. The Bertz CT molecular complexity index is 1410. The lowest BCUT2D eigenvalue weighted by Crippen LogP contribution is -2.49. The summed E-state index contributed by atoms with van der Waals surface area (Å²) < 4.78 is 53.7. The van der Waals surface area contributed by atoms with Gasteiger partial charge in [0.05, 0.1) is 36.3 Å². The summed E-state index contributed by atoms with van der Waals surface area (Å²) in [5.74, 6) is -0.328. The van der Waals surface area contributed by atoms with Crippen molar-refractivity contribution in [1.82, 2.24) is 24.9 Å². The van der Waals surface area contributed by atoms with Crippen LogP contribution in [0.4, 0.5) is 8.78 Å². The van der Waals surface area contributed by atoms with E-state index in [4.69, 9.17) is 9.26 Å². The summed E-state index contributed by atoms with van der Waals surface area (Å²) in [4.78, 5) is 30.8. The van der Waals surface area contributed by atoms with Crippen molar-refractivity contribution >= 4 is 13.5 Å². The minimum Gasteiger partial charge on any atom is -0.472 e. The Morgan fingerprint density at radius 1 is 1.20 bits per heavy atom. The summed E-state index contributed by atoms with van der Waals surface area (Å²) in [6.07, 6.45) is 4.12.